The molecule has 2 aliphatic rings. The molecule has 1 aliphatic carbocycles. The second kappa shape index (κ2) is 5.24. The van der Waals surface area contributed by atoms with Gasteiger partial charge in [0.05, 0.1) is 37.3 Å². The van der Waals surface area contributed by atoms with Crippen LogP contribution in [0.1, 0.15) is 35.4 Å². The lowest BCUT2D eigenvalue weighted by Crippen LogP contribution is -2.23. The quantitative estimate of drug-likeness (QED) is 0.864. The van der Waals surface area contributed by atoms with Crippen molar-refractivity contribution in [3.8, 4) is 0 Å². The zero-order valence-electron chi connectivity index (χ0n) is 12.5. The third-order valence-electron chi connectivity index (χ3n) is 4.53. The van der Waals surface area contributed by atoms with Crippen molar-refractivity contribution in [3.05, 3.63) is 28.7 Å². The van der Waals surface area contributed by atoms with Gasteiger partial charge < -0.3 is 15.7 Å². The summed E-state index contributed by atoms with van der Waals surface area (Å²) in [5, 5.41) is 13.5. The molecule has 22 heavy (non-hydrogen) atoms. The van der Waals surface area contributed by atoms with Gasteiger partial charge in [0.2, 0.25) is 5.95 Å². The number of aliphatic hydroxyl groups excluding tert-OH is 1. The number of aliphatic hydroxyl groups is 1. The zero-order valence-corrected chi connectivity index (χ0v) is 12.5. The highest BCUT2D eigenvalue weighted by Crippen LogP contribution is 2.33. The van der Waals surface area contributed by atoms with Crippen LogP contribution in [-0.4, -0.2) is 31.5 Å². The molecule has 1 aliphatic heterocycles. The number of nitrogens with two attached hydrogens (primary N) is 1. The van der Waals surface area contributed by atoms with Gasteiger partial charge in [-0.25, -0.2) is 4.98 Å². The van der Waals surface area contributed by atoms with Crippen LogP contribution in [0.2, 0.25) is 0 Å². The third kappa shape index (κ3) is 2.12. The number of hydrogen-bond donors (Lipinski definition) is 2. The standard InChI is InChI=1S/C15H20N6O/c16-15-18-12-4-2-1-3-11(12)14(19-15)20-8-10-7-17-21(5-6-22)13(10)9-20/h7,22H,1-6,8-9H2,(H2,16,18,19). The van der Waals surface area contributed by atoms with Gasteiger partial charge in [0, 0.05) is 17.7 Å². The Hall–Kier alpha value is -2.15. The highest BCUT2D eigenvalue weighted by molar-refractivity contribution is 5.55. The molecule has 0 saturated heterocycles. The molecule has 116 valence electrons. The topological polar surface area (TPSA) is 93.1 Å². The lowest BCUT2D eigenvalue weighted by Gasteiger charge is -2.24. The number of rotatable bonds is 3. The molecule has 2 aromatic rings. The summed E-state index contributed by atoms with van der Waals surface area (Å²) < 4.78 is 1.88. The van der Waals surface area contributed by atoms with Gasteiger partial charge in [-0.05, 0) is 25.7 Å². The van der Waals surface area contributed by atoms with Crippen molar-refractivity contribution in [3.63, 3.8) is 0 Å². The van der Waals surface area contributed by atoms with Gasteiger partial charge >= 0.3 is 0 Å². The summed E-state index contributed by atoms with van der Waals surface area (Å²) in [7, 11) is 0. The normalized spacial score (nSPS) is 16.7. The molecule has 3 heterocycles. The molecule has 0 saturated carbocycles. The number of fused-ring (bicyclic) bond motifs is 2. The highest BCUT2D eigenvalue weighted by Gasteiger charge is 2.28. The maximum atomic E-state index is 9.14. The molecule has 0 unspecified atom stereocenters. The molecule has 0 atom stereocenters. The van der Waals surface area contributed by atoms with E-state index in [9.17, 15) is 0 Å². The summed E-state index contributed by atoms with van der Waals surface area (Å²) in [6.07, 6.45) is 6.28. The van der Waals surface area contributed by atoms with E-state index in [2.05, 4.69) is 20.0 Å². The van der Waals surface area contributed by atoms with Crippen LogP contribution in [-0.2, 0) is 32.5 Å². The summed E-state index contributed by atoms with van der Waals surface area (Å²) in [6.45, 7) is 2.19. The van der Waals surface area contributed by atoms with E-state index in [-0.39, 0.29) is 6.61 Å². The third-order valence-corrected chi connectivity index (χ3v) is 4.53. The summed E-state index contributed by atoms with van der Waals surface area (Å²) in [5.74, 6) is 1.34. The minimum atomic E-state index is 0.101. The first-order valence-electron chi connectivity index (χ1n) is 7.81. The van der Waals surface area contributed by atoms with E-state index >= 15 is 0 Å². The molecule has 0 spiro atoms. The number of aryl methyl sites for hydroxylation is 1. The van der Waals surface area contributed by atoms with Crippen LogP contribution in [0.25, 0.3) is 0 Å². The van der Waals surface area contributed by atoms with Crippen LogP contribution >= 0.6 is 0 Å². The maximum absolute atomic E-state index is 9.14. The van der Waals surface area contributed by atoms with E-state index < -0.39 is 0 Å². The van der Waals surface area contributed by atoms with Crippen LogP contribution in [0.4, 0.5) is 11.8 Å². The minimum Gasteiger partial charge on any atom is -0.394 e. The molecule has 4 rings (SSSR count). The molecule has 7 nitrogen and oxygen atoms in total. The zero-order chi connectivity index (χ0) is 15.1. The van der Waals surface area contributed by atoms with Gasteiger partial charge in [-0.1, -0.05) is 0 Å². The summed E-state index contributed by atoms with van der Waals surface area (Å²) in [5.41, 5.74) is 10.6. The fraction of sp³-hybridized carbons (Fsp3) is 0.533. The largest absolute Gasteiger partial charge is 0.394 e. The molecule has 0 radical (unpaired) electrons. The Balaban J connectivity index is 1.68. The van der Waals surface area contributed by atoms with Gasteiger partial charge in [-0.2, -0.15) is 10.1 Å². The van der Waals surface area contributed by atoms with Crippen molar-refractivity contribution in [1.82, 2.24) is 19.7 Å². The predicted octanol–water partition coefficient (Wildman–Crippen LogP) is 0.647. The lowest BCUT2D eigenvalue weighted by atomic mass is 9.96. The minimum absolute atomic E-state index is 0.101. The predicted molar refractivity (Wildman–Crippen MR) is 82.3 cm³/mol. The Kier molecular flexibility index (Phi) is 3.22. The van der Waals surface area contributed by atoms with E-state index in [1.54, 1.807) is 0 Å². The number of nitrogen functional groups attached to an aromatic ring is 1. The van der Waals surface area contributed by atoms with Crippen molar-refractivity contribution in [2.45, 2.75) is 45.3 Å². The van der Waals surface area contributed by atoms with E-state index in [1.165, 1.54) is 24.0 Å². The van der Waals surface area contributed by atoms with Gasteiger partial charge in [0.15, 0.2) is 0 Å². The smallest absolute Gasteiger partial charge is 0.222 e. The Labute approximate surface area is 128 Å². The van der Waals surface area contributed by atoms with Gasteiger partial charge in [-0.3, -0.25) is 4.68 Å². The monoisotopic (exact) mass is 300 g/mol. The molecule has 0 fully saturated rings. The first kappa shape index (κ1) is 13.5. The van der Waals surface area contributed by atoms with Crippen LogP contribution in [0.15, 0.2) is 6.20 Å². The van der Waals surface area contributed by atoms with Crippen LogP contribution in [0, 0.1) is 0 Å². The lowest BCUT2D eigenvalue weighted by molar-refractivity contribution is 0.267. The second-order valence-corrected chi connectivity index (χ2v) is 5.96. The molecule has 0 aromatic carbocycles. The Morgan fingerprint density at radius 1 is 1.18 bits per heavy atom. The van der Waals surface area contributed by atoms with Crippen LogP contribution in [0.3, 0.4) is 0 Å². The molecule has 7 heteroatoms. The fourth-order valence-corrected chi connectivity index (χ4v) is 3.50. The first-order chi connectivity index (χ1) is 10.8. The maximum Gasteiger partial charge on any atom is 0.222 e. The van der Waals surface area contributed by atoms with E-state index in [4.69, 9.17) is 10.8 Å². The van der Waals surface area contributed by atoms with E-state index in [0.29, 0.717) is 12.5 Å². The van der Waals surface area contributed by atoms with Gasteiger partial charge in [0.25, 0.3) is 0 Å². The number of hydrogen-bond acceptors (Lipinski definition) is 6. The summed E-state index contributed by atoms with van der Waals surface area (Å²) in [4.78, 5) is 11.2. The van der Waals surface area contributed by atoms with E-state index in [0.717, 1.165) is 43.1 Å². The second-order valence-electron chi connectivity index (χ2n) is 5.96. The number of nitrogens with zero attached hydrogens (tertiary/aromatic N) is 5. The van der Waals surface area contributed by atoms with Gasteiger partial charge in [-0.15, -0.1) is 0 Å². The van der Waals surface area contributed by atoms with Crippen molar-refractivity contribution in [1.29, 1.82) is 0 Å². The molecular weight excluding hydrogens is 280 g/mol. The van der Waals surface area contributed by atoms with Crippen LogP contribution in [0.5, 0.6) is 0 Å². The van der Waals surface area contributed by atoms with Crippen LogP contribution < -0.4 is 10.6 Å². The SMILES string of the molecule is Nc1nc2c(c(N3Cc4cnn(CCO)c4C3)n1)CCCC2. The average molecular weight is 300 g/mol. The Bertz CT molecular complexity index is 710. The van der Waals surface area contributed by atoms with Crippen molar-refractivity contribution < 1.29 is 5.11 Å². The van der Waals surface area contributed by atoms with Crippen molar-refractivity contribution in [2.75, 3.05) is 17.2 Å². The Morgan fingerprint density at radius 3 is 2.91 bits per heavy atom. The average Bonchev–Trinajstić information content (AvgIpc) is 3.08. The molecular formula is C15H20N6O. The summed E-state index contributed by atoms with van der Waals surface area (Å²) >= 11 is 0. The number of aromatic nitrogens is 4. The molecule has 0 bridgehead atoms. The van der Waals surface area contributed by atoms with Crippen molar-refractivity contribution in [2.24, 2.45) is 0 Å². The summed E-state index contributed by atoms with van der Waals surface area (Å²) in [6, 6.07) is 0. The molecule has 0 amide bonds. The fourth-order valence-electron chi connectivity index (χ4n) is 3.50. The highest BCUT2D eigenvalue weighted by atomic mass is 16.3. The van der Waals surface area contributed by atoms with Crippen molar-refractivity contribution >= 4 is 11.8 Å². The molecule has 2 aromatic heterocycles. The number of anilines is 2. The molecule has 3 N–H and O–H groups in total. The first-order valence-corrected chi connectivity index (χ1v) is 7.81. The Morgan fingerprint density at radius 2 is 2.05 bits per heavy atom. The van der Waals surface area contributed by atoms with Gasteiger partial charge in [0.1, 0.15) is 5.82 Å². The van der Waals surface area contributed by atoms with E-state index in [1.807, 2.05) is 10.9 Å².